The predicted molar refractivity (Wildman–Crippen MR) is 155 cm³/mol. The third-order valence-corrected chi connectivity index (χ3v) is 5.49. The number of pyridine rings is 1. The zero-order valence-electron chi connectivity index (χ0n) is 23.3. The number of para-hydroxylation sites is 1. The minimum absolute atomic E-state index is 0.433. The van der Waals surface area contributed by atoms with Crippen molar-refractivity contribution in [2.75, 3.05) is 11.4 Å². The van der Waals surface area contributed by atoms with Gasteiger partial charge in [0.15, 0.2) is 0 Å². The van der Waals surface area contributed by atoms with Gasteiger partial charge in [0.2, 0.25) is 0 Å². The van der Waals surface area contributed by atoms with Gasteiger partial charge in [0.25, 0.3) is 0 Å². The zero-order chi connectivity index (χ0) is 28.8. The number of fused-ring (bicyclic) bond motifs is 1. The first-order chi connectivity index (χ1) is 17.5. The SMILES string of the molecule is C#C.C/C=C(/C)CC.C=C(C1=CN(CC(C)C)c2ccccc2C1=C)c1ccc(C(F)(F)F)nc1.CC. The van der Waals surface area contributed by atoms with E-state index in [9.17, 15) is 13.2 Å². The molecule has 0 bridgehead atoms. The maximum absolute atomic E-state index is 12.8. The van der Waals surface area contributed by atoms with Gasteiger partial charge in [-0.25, -0.2) is 0 Å². The highest BCUT2D eigenvalue weighted by atomic mass is 19.4. The summed E-state index contributed by atoms with van der Waals surface area (Å²) in [6.07, 6.45) is 10.1. The average Bonchev–Trinajstić information content (AvgIpc) is 2.91. The highest BCUT2D eigenvalue weighted by Crippen LogP contribution is 2.41. The summed E-state index contributed by atoms with van der Waals surface area (Å²) in [6.45, 7) is 23.7. The molecule has 0 atom stereocenters. The van der Waals surface area contributed by atoms with Gasteiger partial charge in [-0.3, -0.25) is 4.98 Å². The molecule has 1 aliphatic rings. The summed E-state index contributed by atoms with van der Waals surface area (Å²) in [5.41, 5.74) is 5.36. The maximum atomic E-state index is 12.8. The lowest BCUT2D eigenvalue weighted by atomic mass is 9.88. The van der Waals surface area contributed by atoms with Gasteiger partial charge in [-0.05, 0) is 49.5 Å². The Hall–Kier alpha value is -3.52. The molecule has 37 heavy (non-hydrogen) atoms. The number of terminal acetylenes is 1. The summed E-state index contributed by atoms with van der Waals surface area (Å²) in [4.78, 5) is 5.69. The van der Waals surface area contributed by atoms with Gasteiger partial charge in [0.1, 0.15) is 5.69 Å². The van der Waals surface area contributed by atoms with Crippen LogP contribution in [0, 0.1) is 18.8 Å². The lowest BCUT2D eigenvalue weighted by Gasteiger charge is -2.32. The number of aromatic nitrogens is 1. The van der Waals surface area contributed by atoms with Crippen molar-refractivity contribution in [2.24, 2.45) is 5.92 Å². The van der Waals surface area contributed by atoms with Gasteiger partial charge in [-0.15, -0.1) is 12.8 Å². The molecule has 0 aliphatic carbocycles. The van der Waals surface area contributed by atoms with Gasteiger partial charge in [0, 0.05) is 41.3 Å². The van der Waals surface area contributed by atoms with Crippen LogP contribution in [0.4, 0.5) is 18.9 Å². The number of hydrogen-bond donors (Lipinski definition) is 0. The Balaban J connectivity index is 0.00000112. The van der Waals surface area contributed by atoms with Crippen molar-refractivity contribution in [3.05, 3.63) is 96.0 Å². The van der Waals surface area contributed by atoms with E-state index in [0.717, 1.165) is 35.0 Å². The molecular weight excluding hydrogens is 469 g/mol. The van der Waals surface area contributed by atoms with Gasteiger partial charge >= 0.3 is 6.18 Å². The third-order valence-electron chi connectivity index (χ3n) is 5.49. The second-order valence-corrected chi connectivity index (χ2v) is 8.48. The fourth-order valence-electron chi connectivity index (χ4n) is 3.33. The van der Waals surface area contributed by atoms with Crippen LogP contribution in [0.5, 0.6) is 0 Å². The first-order valence-corrected chi connectivity index (χ1v) is 12.4. The van der Waals surface area contributed by atoms with Crippen molar-refractivity contribution in [1.29, 1.82) is 0 Å². The smallest absolute Gasteiger partial charge is 0.347 e. The second kappa shape index (κ2) is 16.3. The topological polar surface area (TPSA) is 16.1 Å². The number of allylic oxidation sites excluding steroid dienone is 5. The van der Waals surface area contributed by atoms with Crippen LogP contribution in [0.3, 0.4) is 0 Å². The maximum Gasteiger partial charge on any atom is 0.433 e. The molecule has 2 nitrogen and oxygen atoms in total. The zero-order valence-corrected chi connectivity index (χ0v) is 23.3. The van der Waals surface area contributed by atoms with Crippen molar-refractivity contribution in [1.82, 2.24) is 4.98 Å². The van der Waals surface area contributed by atoms with Gasteiger partial charge < -0.3 is 4.90 Å². The van der Waals surface area contributed by atoms with E-state index in [-0.39, 0.29) is 0 Å². The molecule has 0 saturated carbocycles. The van der Waals surface area contributed by atoms with E-state index in [1.165, 1.54) is 24.3 Å². The molecule has 5 heteroatoms. The monoisotopic (exact) mass is 510 g/mol. The number of hydrogen-bond acceptors (Lipinski definition) is 2. The van der Waals surface area contributed by atoms with Crippen LogP contribution < -0.4 is 4.90 Å². The fraction of sp³-hybridized carbons (Fsp3) is 0.344. The van der Waals surface area contributed by atoms with Crippen molar-refractivity contribution >= 4 is 16.8 Å². The van der Waals surface area contributed by atoms with E-state index in [0.29, 0.717) is 17.1 Å². The van der Waals surface area contributed by atoms with Crippen molar-refractivity contribution in [3.8, 4) is 12.8 Å². The van der Waals surface area contributed by atoms with E-state index < -0.39 is 11.9 Å². The molecular formula is C32H41F3N2. The highest BCUT2D eigenvalue weighted by Gasteiger charge is 2.32. The van der Waals surface area contributed by atoms with Crippen LogP contribution in [0.25, 0.3) is 11.1 Å². The number of anilines is 1. The first-order valence-electron chi connectivity index (χ1n) is 12.4. The Kier molecular flexibility index (Phi) is 14.7. The van der Waals surface area contributed by atoms with E-state index in [2.05, 4.69) is 76.6 Å². The van der Waals surface area contributed by atoms with Crippen LogP contribution in [-0.4, -0.2) is 11.5 Å². The van der Waals surface area contributed by atoms with Crippen LogP contribution in [0.15, 0.2) is 79.2 Å². The Morgan fingerprint density at radius 1 is 1.11 bits per heavy atom. The Morgan fingerprint density at radius 2 is 1.70 bits per heavy atom. The highest BCUT2D eigenvalue weighted by molar-refractivity contribution is 6.01. The molecule has 2 aromatic rings. The number of rotatable bonds is 5. The first kappa shape index (κ1) is 33.5. The summed E-state index contributed by atoms with van der Waals surface area (Å²) in [5, 5.41) is 0. The molecule has 0 unspecified atom stereocenters. The number of alkyl halides is 3. The van der Waals surface area contributed by atoms with Crippen LogP contribution in [-0.2, 0) is 6.18 Å². The standard InChI is InChI=1S/C22H21F3N2.C6H12.C2H6.C2H2/c1-14(2)12-27-13-19(16(4)18-7-5-6-8-20(18)27)15(3)17-9-10-21(26-11-17)22(23,24)25;1-4-6(3)5-2;2*1-2/h5-11,13-14H,3-4,12H2,1-2H3;4H,5H2,1-3H3;1-2H3;1-2H/b;6-4-;;. The molecule has 1 aliphatic heterocycles. The summed E-state index contributed by atoms with van der Waals surface area (Å²) < 4.78 is 38.3. The van der Waals surface area contributed by atoms with Crippen LogP contribution in [0.1, 0.15) is 71.7 Å². The summed E-state index contributed by atoms with van der Waals surface area (Å²) in [7, 11) is 0. The molecule has 0 radical (unpaired) electrons. The molecule has 1 aromatic carbocycles. The van der Waals surface area contributed by atoms with Crippen molar-refractivity contribution < 1.29 is 13.2 Å². The van der Waals surface area contributed by atoms with E-state index in [4.69, 9.17) is 0 Å². The molecule has 0 amide bonds. The molecule has 0 spiro atoms. The van der Waals surface area contributed by atoms with Gasteiger partial charge in [0.05, 0.1) is 0 Å². The van der Waals surface area contributed by atoms with E-state index in [1.54, 1.807) is 0 Å². The lowest BCUT2D eigenvalue weighted by Crippen LogP contribution is -2.26. The Morgan fingerprint density at radius 3 is 2.14 bits per heavy atom. The lowest BCUT2D eigenvalue weighted by molar-refractivity contribution is -0.141. The minimum atomic E-state index is -4.46. The van der Waals surface area contributed by atoms with E-state index in [1.807, 2.05) is 44.3 Å². The minimum Gasteiger partial charge on any atom is -0.347 e. The second-order valence-electron chi connectivity index (χ2n) is 8.48. The molecule has 0 saturated heterocycles. The largest absolute Gasteiger partial charge is 0.433 e. The van der Waals surface area contributed by atoms with Gasteiger partial charge in [-0.2, -0.15) is 13.2 Å². The van der Waals surface area contributed by atoms with Gasteiger partial charge in [-0.1, -0.05) is 83.7 Å². The van der Waals surface area contributed by atoms with E-state index >= 15 is 0 Å². The molecule has 200 valence electrons. The third kappa shape index (κ3) is 9.80. The molecule has 3 rings (SSSR count). The quantitative estimate of drug-likeness (QED) is 0.294. The van der Waals surface area contributed by atoms with Crippen LogP contribution in [0.2, 0.25) is 0 Å². The van der Waals surface area contributed by atoms with Crippen molar-refractivity contribution in [2.45, 2.75) is 61.1 Å². The summed E-state index contributed by atoms with van der Waals surface area (Å²) >= 11 is 0. The fourth-order valence-corrected chi connectivity index (χ4v) is 3.33. The molecule has 1 aromatic heterocycles. The Bertz CT molecular complexity index is 1090. The summed E-state index contributed by atoms with van der Waals surface area (Å²) in [6, 6.07) is 10.3. The Labute approximate surface area is 222 Å². The average molecular weight is 511 g/mol. The molecule has 0 fully saturated rings. The number of nitrogens with zero attached hydrogens (tertiary/aromatic N) is 2. The normalized spacial score (nSPS) is 12.6. The summed E-state index contributed by atoms with van der Waals surface area (Å²) in [5.74, 6) is 0.433. The number of benzene rings is 1. The molecule has 2 heterocycles. The molecule has 0 N–H and O–H groups in total. The van der Waals surface area contributed by atoms with Crippen LogP contribution >= 0.6 is 0 Å². The predicted octanol–water partition coefficient (Wildman–Crippen LogP) is 9.83. The van der Waals surface area contributed by atoms with Crippen molar-refractivity contribution in [3.63, 3.8) is 0 Å². The number of halogens is 3.